The molecule has 1 aromatic heterocycles. The van der Waals surface area contributed by atoms with Gasteiger partial charge in [0.2, 0.25) is 10.0 Å². The molecule has 0 bridgehead atoms. The average Bonchev–Trinajstić information content (AvgIpc) is 3.31. The number of aromatic amines is 1. The normalized spacial score (nSPS) is 14.6. The molecule has 0 radical (unpaired) electrons. The lowest BCUT2D eigenvalue weighted by atomic mass is 10.3. The standard InChI is InChI=1S/C17H21N3O4S/c21-17(20-9-4-5-10-20)16-12-15(13-18-16)25(22,23)19-8-11-24-14-6-2-1-3-7-14/h1-3,6-7,12-13,18-19H,4-5,8-11H2. The molecule has 2 N–H and O–H groups in total. The third-order valence-electron chi connectivity index (χ3n) is 4.00. The number of amides is 1. The van der Waals surface area contributed by atoms with Gasteiger partial charge in [-0.2, -0.15) is 0 Å². The number of nitrogens with zero attached hydrogens (tertiary/aromatic N) is 1. The highest BCUT2D eigenvalue weighted by atomic mass is 32.2. The topological polar surface area (TPSA) is 91.5 Å². The summed E-state index contributed by atoms with van der Waals surface area (Å²) in [6.45, 7) is 1.79. The summed E-state index contributed by atoms with van der Waals surface area (Å²) in [7, 11) is -3.68. The van der Waals surface area contributed by atoms with Gasteiger partial charge in [0.1, 0.15) is 22.9 Å². The van der Waals surface area contributed by atoms with E-state index in [1.165, 1.54) is 12.3 Å². The third kappa shape index (κ3) is 4.40. The minimum atomic E-state index is -3.68. The number of sulfonamides is 1. The third-order valence-corrected chi connectivity index (χ3v) is 5.44. The number of H-pyrrole nitrogens is 1. The Morgan fingerprint density at radius 2 is 1.92 bits per heavy atom. The highest BCUT2D eigenvalue weighted by molar-refractivity contribution is 7.89. The van der Waals surface area contributed by atoms with Crippen molar-refractivity contribution in [1.29, 1.82) is 0 Å². The van der Waals surface area contributed by atoms with E-state index in [2.05, 4.69) is 9.71 Å². The monoisotopic (exact) mass is 363 g/mol. The molecule has 0 aliphatic carbocycles. The zero-order valence-corrected chi connectivity index (χ0v) is 14.6. The molecular weight excluding hydrogens is 342 g/mol. The van der Waals surface area contributed by atoms with Gasteiger partial charge in [-0.15, -0.1) is 0 Å². The number of ether oxygens (including phenoxy) is 1. The Bertz CT molecular complexity index is 811. The van der Waals surface area contributed by atoms with Gasteiger partial charge in [0.05, 0.1) is 0 Å². The molecule has 0 spiro atoms. The Morgan fingerprint density at radius 1 is 1.20 bits per heavy atom. The van der Waals surface area contributed by atoms with Crippen LogP contribution in [-0.2, 0) is 10.0 Å². The molecule has 1 aliphatic rings. The van der Waals surface area contributed by atoms with Crippen molar-refractivity contribution in [2.75, 3.05) is 26.2 Å². The van der Waals surface area contributed by atoms with Gasteiger partial charge in [0.15, 0.2) is 0 Å². The van der Waals surface area contributed by atoms with Crippen LogP contribution in [0.5, 0.6) is 5.75 Å². The lowest BCUT2D eigenvalue weighted by Gasteiger charge is -2.13. The average molecular weight is 363 g/mol. The Kier molecular flexibility index (Phi) is 5.40. The summed E-state index contributed by atoms with van der Waals surface area (Å²) < 4.78 is 32.5. The van der Waals surface area contributed by atoms with Crippen LogP contribution in [0.2, 0.25) is 0 Å². The number of carbonyl (C=O) groups is 1. The predicted molar refractivity (Wildman–Crippen MR) is 93.1 cm³/mol. The molecule has 134 valence electrons. The number of rotatable bonds is 7. The smallest absolute Gasteiger partial charge is 0.270 e. The number of aromatic nitrogens is 1. The lowest BCUT2D eigenvalue weighted by molar-refractivity contribution is 0.0787. The Balaban J connectivity index is 1.54. The fourth-order valence-corrected chi connectivity index (χ4v) is 3.69. The van der Waals surface area contributed by atoms with Gasteiger partial charge in [-0.25, -0.2) is 13.1 Å². The highest BCUT2D eigenvalue weighted by Gasteiger charge is 2.23. The molecule has 2 aromatic rings. The van der Waals surface area contributed by atoms with Gasteiger partial charge in [0, 0.05) is 25.8 Å². The number of hydrogen-bond donors (Lipinski definition) is 2. The van der Waals surface area contributed by atoms with Crippen molar-refractivity contribution < 1.29 is 17.9 Å². The van der Waals surface area contributed by atoms with E-state index in [0.717, 1.165) is 25.9 Å². The Labute approximate surface area is 147 Å². The first kappa shape index (κ1) is 17.5. The number of para-hydroxylation sites is 1. The molecule has 8 heteroatoms. The minimum Gasteiger partial charge on any atom is -0.492 e. The number of likely N-dealkylation sites (tertiary alicyclic amines) is 1. The van der Waals surface area contributed by atoms with Crippen LogP contribution in [-0.4, -0.2) is 50.5 Å². The van der Waals surface area contributed by atoms with Gasteiger partial charge in [-0.3, -0.25) is 4.79 Å². The van der Waals surface area contributed by atoms with Crippen molar-refractivity contribution in [2.45, 2.75) is 17.7 Å². The maximum atomic E-state index is 12.3. The first-order chi connectivity index (χ1) is 12.1. The SMILES string of the molecule is O=C(c1cc(S(=O)(=O)NCCOc2ccccc2)c[nH]1)N1CCCC1. The minimum absolute atomic E-state index is 0.0507. The molecule has 2 heterocycles. The van der Waals surface area contributed by atoms with Crippen molar-refractivity contribution in [3.8, 4) is 5.75 Å². The number of carbonyl (C=O) groups excluding carboxylic acids is 1. The molecule has 1 aliphatic heterocycles. The lowest BCUT2D eigenvalue weighted by Crippen LogP contribution is -2.28. The molecule has 1 fully saturated rings. The quantitative estimate of drug-likeness (QED) is 0.731. The number of hydrogen-bond acceptors (Lipinski definition) is 4. The van der Waals surface area contributed by atoms with E-state index >= 15 is 0 Å². The first-order valence-electron chi connectivity index (χ1n) is 8.21. The molecule has 25 heavy (non-hydrogen) atoms. The molecule has 7 nitrogen and oxygen atoms in total. The molecule has 1 amide bonds. The zero-order chi connectivity index (χ0) is 17.7. The first-order valence-corrected chi connectivity index (χ1v) is 9.70. The number of benzene rings is 1. The zero-order valence-electron chi connectivity index (χ0n) is 13.8. The van der Waals surface area contributed by atoms with Crippen LogP contribution in [0.4, 0.5) is 0 Å². The maximum absolute atomic E-state index is 12.3. The maximum Gasteiger partial charge on any atom is 0.270 e. The van der Waals surface area contributed by atoms with Crippen molar-refractivity contribution >= 4 is 15.9 Å². The van der Waals surface area contributed by atoms with Crippen molar-refractivity contribution in [3.05, 3.63) is 48.3 Å². The highest BCUT2D eigenvalue weighted by Crippen LogP contribution is 2.16. The van der Waals surface area contributed by atoms with Crippen LogP contribution in [0, 0.1) is 0 Å². The molecular formula is C17H21N3O4S. The summed E-state index contributed by atoms with van der Waals surface area (Å²) in [6.07, 6.45) is 3.31. The molecule has 0 saturated carbocycles. The summed E-state index contributed by atoms with van der Waals surface area (Å²) in [6, 6.07) is 10.5. The summed E-state index contributed by atoms with van der Waals surface area (Å²) in [5.41, 5.74) is 0.294. The summed E-state index contributed by atoms with van der Waals surface area (Å²) in [5, 5.41) is 0. The summed E-state index contributed by atoms with van der Waals surface area (Å²) in [5.74, 6) is 0.521. The molecule has 0 atom stereocenters. The van der Waals surface area contributed by atoms with E-state index in [1.54, 1.807) is 17.0 Å². The van der Waals surface area contributed by atoms with Crippen LogP contribution in [0.15, 0.2) is 47.5 Å². The second-order valence-electron chi connectivity index (χ2n) is 5.81. The van der Waals surface area contributed by atoms with Crippen LogP contribution in [0.25, 0.3) is 0 Å². The summed E-state index contributed by atoms with van der Waals surface area (Å²) in [4.78, 5) is 16.8. The van der Waals surface area contributed by atoms with Crippen molar-refractivity contribution in [2.24, 2.45) is 0 Å². The van der Waals surface area contributed by atoms with Gasteiger partial charge in [-0.05, 0) is 31.0 Å². The largest absolute Gasteiger partial charge is 0.492 e. The van der Waals surface area contributed by atoms with E-state index < -0.39 is 10.0 Å². The molecule has 3 rings (SSSR count). The van der Waals surface area contributed by atoms with Crippen LogP contribution >= 0.6 is 0 Å². The summed E-state index contributed by atoms with van der Waals surface area (Å²) >= 11 is 0. The van der Waals surface area contributed by atoms with E-state index in [0.29, 0.717) is 11.4 Å². The predicted octanol–water partition coefficient (Wildman–Crippen LogP) is 1.61. The van der Waals surface area contributed by atoms with Crippen LogP contribution in [0.1, 0.15) is 23.3 Å². The van der Waals surface area contributed by atoms with Gasteiger partial charge in [-0.1, -0.05) is 18.2 Å². The fraction of sp³-hybridized carbons (Fsp3) is 0.353. The van der Waals surface area contributed by atoms with Crippen molar-refractivity contribution in [1.82, 2.24) is 14.6 Å². The van der Waals surface area contributed by atoms with E-state index in [1.807, 2.05) is 18.2 Å². The van der Waals surface area contributed by atoms with Gasteiger partial charge >= 0.3 is 0 Å². The van der Waals surface area contributed by atoms with Crippen molar-refractivity contribution in [3.63, 3.8) is 0 Å². The Morgan fingerprint density at radius 3 is 2.64 bits per heavy atom. The van der Waals surface area contributed by atoms with E-state index in [9.17, 15) is 13.2 Å². The molecule has 1 aromatic carbocycles. The second-order valence-corrected chi connectivity index (χ2v) is 7.57. The van der Waals surface area contributed by atoms with Crippen LogP contribution in [0.3, 0.4) is 0 Å². The van der Waals surface area contributed by atoms with E-state index in [4.69, 9.17) is 4.74 Å². The molecule has 1 saturated heterocycles. The molecule has 0 unspecified atom stereocenters. The number of nitrogens with one attached hydrogen (secondary N) is 2. The van der Waals surface area contributed by atoms with Gasteiger partial charge < -0.3 is 14.6 Å². The van der Waals surface area contributed by atoms with Gasteiger partial charge in [0.25, 0.3) is 5.91 Å². The van der Waals surface area contributed by atoms with Crippen LogP contribution < -0.4 is 9.46 Å². The fourth-order valence-electron chi connectivity index (χ4n) is 2.69. The Hall–Kier alpha value is -2.32. The van der Waals surface area contributed by atoms with E-state index in [-0.39, 0.29) is 24.0 Å². The second kappa shape index (κ2) is 7.71.